The van der Waals surface area contributed by atoms with Crippen LogP contribution in [0.25, 0.3) is 60.9 Å². The van der Waals surface area contributed by atoms with Crippen molar-refractivity contribution >= 4 is 38.9 Å². The average Bonchev–Trinajstić information content (AvgIpc) is 3.78. The van der Waals surface area contributed by atoms with E-state index >= 15 is 0 Å². The lowest BCUT2D eigenvalue weighted by Crippen LogP contribution is -2.18. The predicted octanol–water partition coefficient (Wildman–Crippen LogP) is 15.0. The van der Waals surface area contributed by atoms with E-state index < -0.39 is 0 Å². The topological polar surface area (TPSA) is 8.17 Å². The SMILES string of the molecule is Cc1ccc(N(c2ccc3c(c2)C(C)(C)c2ccccc2-3)c2ccc3c(c2)C(C)(C)c2cc(-c4ccc5c(c4)c4ccccc4n5-c4ccc(F)cc4)ccc2-3)cc1. The largest absolute Gasteiger partial charge is 0.310 e. The van der Waals surface area contributed by atoms with Gasteiger partial charge in [0.2, 0.25) is 0 Å². The van der Waals surface area contributed by atoms with Gasteiger partial charge in [0.1, 0.15) is 5.82 Å². The number of hydrogen-bond acceptors (Lipinski definition) is 1. The first-order valence-corrected chi connectivity index (χ1v) is 20.3. The third kappa shape index (κ3) is 5.02. The molecule has 0 unspecified atom stereocenters. The first-order valence-electron chi connectivity index (χ1n) is 20.3. The maximum Gasteiger partial charge on any atom is 0.123 e. The van der Waals surface area contributed by atoms with Crippen molar-refractivity contribution < 1.29 is 4.39 Å². The molecule has 11 rings (SSSR count). The Bertz CT molecular complexity index is 3130. The Hall–Kier alpha value is -6.71. The summed E-state index contributed by atoms with van der Waals surface area (Å²) >= 11 is 0. The van der Waals surface area contributed by atoms with Crippen molar-refractivity contribution in [1.29, 1.82) is 0 Å². The van der Waals surface area contributed by atoms with Crippen LogP contribution in [-0.2, 0) is 10.8 Å². The maximum absolute atomic E-state index is 13.9. The van der Waals surface area contributed by atoms with Gasteiger partial charge in [-0.2, -0.15) is 0 Å². The summed E-state index contributed by atoms with van der Waals surface area (Å²) in [6.07, 6.45) is 0. The molecule has 0 spiro atoms. The second-order valence-corrected chi connectivity index (χ2v) is 17.2. The lowest BCUT2D eigenvalue weighted by atomic mass is 9.81. The van der Waals surface area contributed by atoms with E-state index in [1.54, 1.807) is 0 Å². The van der Waals surface area contributed by atoms with Crippen LogP contribution in [0.1, 0.15) is 55.5 Å². The van der Waals surface area contributed by atoms with Crippen LogP contribution in [0.5, 0.6) is 0 Å². The average molecular weight is 751 g/mol. The summed E-state index contributed by atoms with van der Waals surface area (Å²) in [6.45, 7) is 11.6. The molecule has 0 atom stereocenters. The molecule has 0 N–H and O–H groups in total. The molecule has 0 aliphatic heterocycles. The Morgan fingerprint density at radius 2 is 0.948 bits per heavy atom. The third-order valence-electron chi connectivity index (χ3n) is 13.1. The molecule has 0 saturated heterocycles. The van der Waals surface area contributed by atoms with Gasteiger partial charge < -0.3 is 9.47 Å². The quantitative estimate of drug-likeness (QED) is 0.170. The fourth-order valence-electron chi connectivity index (χ4n) is 10.0. The second-order valence-electron chi connectivity index (χ2n) is 17.2. The Balaban J connectivity index is 1.00. The molecule has 2 nitrogen and oxygen atoms in total. The van der Waals surface area contributed by atoms with E-state index in [-0.39, 0.29) is 16.6 Å². The number of halogens is 1. The van der Waals surface area contributed by atoms with E-state index in [9.17, 15) is 4.39 Å². The highest BCUT2D eigenvalue weighted by Crippen LogP contribution is 2.53. The molecule has 1 aromatic heterocycles. The van der Waals surface area contributed by atoms with Crippen molar-refractivity contribution in [3.63, 3.8) is 0 Å². The molecule has 0 fully saturated rings. The van der Waals surface area contributed by atoms with Crippen LogP contribution in [0.4, 0.5) is 21.5 Å². The van der Waals surface area contributed by atoms with E-state index in [0.29, 0.717) is 0 Å². The summed E-state index contributed by atoms with van der Waals surface area (Å²) in [5.41, 5.74) is 20.6. The first kappa shape index (κ1) is 34.5. The van der Waals surface area contributed by atoms with Crippen molar-refractivity contribution in [2.75, 3.05) is 4.90 Å². The van der Waals surface area contributed by atoms with E-state index in [1.807, 2.05) is 12.1 Å². The number of hydrogen-bond donors (Lipinski definition) is 0. The smallest absolute Gasteiger partial charge is 0.123 e. The van der Waals surface area contributed by atoms with Crippen molar-refractivity contribution in [1.82, 2.24) is 4.57 Å². The van der Waals surface area contributed by atoms with Crippen LogP contribution < -0.4 is 4.90 Å². The number of para-hydroxylation sites is 1. The van der Waals surface area contributed by atoms with Gasteiger partial charge in [-0.25, -0.2) is 4.39 Å². The van der Waals surface area contributed by atoms with Gasteiger partial charge in [-0.3, -0.25) is 0 Å². The minimum absolute atomic E-state index is 0.0929. The molecule has 0 radical (unpaired) electrons. The van der Waals surface area contributed by atoms with E-state index in [2.05, 4.69) is 190 Å². The van der Waals surface area contributed by atoms with E-state index in [1.165, 1.54) is 84.1 Å². The minimum Gasteiger partial charge on any atom is -0.310 e. The summed E-state index contributed by atoms with van der Waals surface area (Å²) in [4.78, 5) is 2.43. The monoisotopic (exact) mass is 750 g/mol. The Morgan fingerprint density at radius 3 is 1.66 bits per heavy atom. The number of anilines is 3. The second kappa shape index (κ2) is 12.4. The summed E-state index contributed by atoms with van der Waals surface area (Å²) in [6, 6.07) is 60.9. The van der Waals surface area contributed by atoms with Gasteiger partial charge in [0.15, 0.2) is 0 Å². The summed E-state index contributed by atoms with van der Waals surface area (Å²) in [5.74, 6) is -0.233. The van der Waals surface area contributed by atoms with Gasteiger partial charge in [-0.1, -0.05) is 118 Å². The number of nitrogens with zero attached hydrogens (tertiary/aromatic N) is 2. The summed E-state index contributed by atoms with van der Waals surface area (Å²) in [5, 5.41) is 2.36. The molecule has 58 heavy (non-hydrogen) atoms. The van der Waals surface area contributed by atoms with Gasteiger partial charge in [-0.15, -0.1) is 0 Å². The van der Waals surface area contributed by atoms with Crippen molar-refractivity contribution in [3.8, 4) is 39.1 Å². The van der Waals surface area contributed by atoms with Crippen LogP contribution >= 0.6 is 0 Å². The molecule has 0 bridgehead atoms. The molecule has 9 aromatic rings. The highest BCUT2D eigenvalue weighted by molar-refractivity contribution is 6.10. The van der Waals surface area contributed by atoms with Gasteiger partial charge >= 0.3 is 0 Å². The number of fused-ring (bicyclic) bond motifs is 9. The summed E-state index contributed by atoms with van der Waals surface area (Å²) < 4.78 is 16.2. The normalized spacial score (nSPS) is 14.3. The molecule has 0 saturated carbocycles. The van der Waals surface area contributed by atoms with E-state index in [0.717, 1.165) is 33.8 Å². The molecular formula is C55H43FN2. The Kier molecular flexibility index (Phi) is 7.38. The van der Waals surface area contributed by atoms with Crippen LogP contribution in [-0.4, -0.2) is 4.57 Å². The number of aromatic nitrogens is 1. The standard InChI is InChI=1S/C55H43FN2/c1-34-14-20-38(21-15-34)57(40-24-27-44-42-10-6-8-12-48(42)54(2,3)50(44)32-40)41-25-28-45-43-26-16-36(31-49(43)55(4,5)51(45)33-41)35-17-29-53-47(30-35)46-11-7-9-13-52(46)58(53)39-22-18-37(56)19-23-39/h6-33H,1-5H3. The highest BCUT2D eigenvalue weighted by Gasteiger charge is 2.38. The van der Waals surface area contributed by atoms with Crippen molar-refractivity contribution in [2.45, 2.75) is 45.4 Å². The zero-order valence-electron chi connectivity index (χ0n) is 33.4. The lowest BCUT2D eigenvalue weighted by molar-refractivity contribution is 0.627. The van der Waals surface area contributed by atoms with Crippen LogP contribution in [0.15, 0.2) is 170 Å². The third-order valence-corrected chi connectivity index (χ3v) is 13.1. The molecule has 8 aromatic carbocycles. The zero-order valence-corrected chi connectivity index (χ0v) is 33.4. The minimum atomic E-state index is -0.233. The molecule has 2 aliphatic rings. The van der Waals surface area contributed by atoms with Crippen LogP contribution in [0.3, 0.4) is 0 Å². The fourth-order valence-corrected chi connectivity index (χ4v) is 10.0. The zero-order chi connectivity index (χ0) is 39.5. The van der Waals surface area contributed by atoms with Crippen LogP contribution in [0.2, 0.25) is 0 Å². The van der Waals surface area contributed by atoms with Gasteiger partial charge in [0.05, 0.1) is 11.0 Å². The number of aryl methyl sites for hydroxylation is 1. The molecular weight excluding hydrogens is 708 g/mol. The van der Waals surface area contributed by atoms with Gasteiger partial charge in [0, 0.05) is 44.4 Å². The number of benzene rings is 8. The predicted molar refractivity (Wildman–Crippen MR) is 241 cm³/mol. The highest BCUT2D eigenvalue weighted by atomic mass is 19.1. The van der Waals surface area contributed by atoms with Crippen molar-refractivity contribution in [3.05, 3.63) is 203 Å². The maximum atomic E-state index is 13.9. The van der Waals surface area contributed by atoms with Crippen LogP contribution in [0, 0.1) is 12.7 Å². The molecule has 280 valence electrons. The fraction of sp³-hybridized carbons (Fsp3) is 0.127. The molecule has 2 aliphatic carbocycles. The van der Waals surface area contributed by atoms with Gasteiger partial charge in [0.25, 0.3) is 0 Å². The number of rotatable bonds is 5. The first-order chi connectivity index (χ1) is 28.1. The van der Waals surface area contributed by atoms with E-state index in [4.69, 9.17) is 0 Å². The Labute approximate surface area is 339 Å². The van der Waals surface area contributed by atoms with Crippen molar-refractivity contribution in [2.24, 2.45) is 0 Å². The molecule has 0 amide bonds. The molecule has 3 heteroatoms. The molecule has 1 heterocycles. The summed E-state index contributed by atoms with van der Waals surface area (Å²) in [7, 11) is 0. The van der Waals surface area contributed by atoms with Gasteiger partial charge in [-0.05, 0) is 147 Å². The Morgan fingerprint density at radius 1 is 0.431 bits per heavy atom. The lowest BCUT2D eigenvalue weighted by Gasteiger charge is -2.30.